The maximum Gasteiger partial charge on any atom is 0.227 e. The molecular weight excluding hydrogens is 420 g/mol. The van der Waals surface area contributed by atoms with E-state index in [0.717, 1.165) is 12.0 Å². The topological polar surface area (TPSA) is 90.9 Å². The van der Waals surface area contributed by atoms with Crippen molar-refractivity contribution in [3.8, 4) is 16.9 Å². The van der Waals surface area contributed by atoms with E-state index in [4.69, 9.17) is 17.3 Å². The predicted molar refractivity (Wildman–Crippen MR) is 117 cm³/mol. The number of anilines is 1. The van der Waals surface area contributed by atoms with E-state index in [0.29, 0.717) is 27.7 Å². The molecular formula is C22H19ClN4O2S. The second-order valence-electron chi connectivity index (χ2n) is 6.75. The van der Waals surface area contributed by atoms with Crippen molar-refractivity contribution in [1.82, 2.24) is 15.0 Å². The highest BCUT2D eigenvalue weighted by Crippen LogP contribution is 2.32. The smallest absolute Gasteiger partial charge is 0.227 e. The molecule has 2 N–H and O–H groups in total. The van der Waals surface area contributed by atoms with E-state index in [1.807, 2.05) is 6.92 Å². The largest absolute Gasteiger partial charge is 0.399 e. The molecule has 0 amide bonds. The summed E-state index contributed by atoms with van der Waals surface area (Å²) in [5.74, 6) is 0. The van der Waals surface area contributed by atoms with Crippen LogP contribution in [-0.2, 0) is 16.3 Å². The third-order valence-electron chi connectivity index (χ3n) is 4.79. The van der Waals surface area contributed by atoms with Crippen LogP contribution in [0.5, 0.6) is 0 Å². The summed E-state index contributed by atoms with van der Waals surface area (Å²) in [6, 6.07) is 20.7. The Labute approximate surface area is 179 Å². The molecule has 0 spiro atoms. The number of halogens is 1. The first-order valence-electron chi connectivity index (χ1n) is 9.31. The number of aromatic nitrogens is 3. The number of rotatable bonds is 5. The van der Waals surface area contributed by atoms with Crippen LogP contribution < -0.4 is 5.73 Å². The van der Waals surface area contributed by atoms with Crippen molar-refractivity contribution in [2.45, 2.75) is 23.3 Å². The van der Waals surface area contributed by atoms with Crippen LogP contribution in [0, 0.1) is 0 Å². The van der Waals surface area contributed by atoms with E-state index in [2.05, 4.69) is 10.3 Å². The van der Waals surface area contributed by atoms with Crippen molar-refractivity contribution in [1.29, 1.82) is 0 Å². The summed E-state index contributed by atoms with van der Waals surface area (Å²) in [7, 11) is -3.90. The van der Waals surface area contributed by atoms with Crippen LogP contribution in [0.2, 0.25) is 5.02 Å². The summed E-state index contributed by atoms with van der Waals surface area (Å²) in [6.07, 6.45) is 0.823. The SMILES string of the molecule is CCc1ccc(S(=O)(=O)c2nnn(-c3ccc(N)cc3)c2-c2ccc(Cl)cc2)cc1. The van der Waals surface area contributed by atoms with Crippen LogP contribution in [0.3, 0.4) is 0 Å². The number of hydrogen-bond acceptors (Lipinski definition) is 5. The fourth-order valence-corrected chi connectivity index (χ4v) is 4.56. The van der Waals surface area contributed by atoms with E-state index in [-0.39, 0.29) is 9.92 Å². The van der Waals surface area contributed by atoms with Crippen LogP contribution in [0.25, 0.3) is 16.9 Å². The van der Waals surface area contributed by atoms with E-state index >= 15 is 0 Å². The van der Waals surface area contributed by atoms with Crippen LogP contribution in [0.1, 0.15) is 12.5 Å². The van der Waals surface area contributed by atoms with Gasteiger partial charge in [0.2, 0.25) is 14.9 Å². The van der Waals surface area contributed by atoms with Gasteiger partial charge in [-0.15, -0.1) is 5.10 Å². The fraction of sp³-hybridized carbons (Fsp3) is 0.0909. The standard InChI is InChI=1S/C22H19ClN4O2S/c1-2-15-3-13-20(14-4-15)30(28,29)22-21(16-5-7-17(23)8-6-16)27(26-25-22)19-11-9-18(24)10-12-19/h3-14H,2,24H2,1H3. The molecule has 8 heteroatoms. The van der Waals surface area contributed by atoms with Gasteiger partial charge in [0.15, 0.2) is 0 Å². The Hall–Kier alpha value is -3.16. The van der Waals surface area contributed by atoms with Gasteiger partial charge in [0.1, 0.15) is 5.69 Å². The normalized spacial score (nSPS) is 11.5. The van der Waals surface area contributed by atoms with Crippen LogP contribution >= 0.6 is 11.6 Å². The second kappa shape index (κ2) is 7.93. The van der Waals surface area contributed by atoms with Crippen LogP contribution in [0.4, 0.5) is 5.69 Å². The summed E-state index contributed by atoms with van der Waals surface area (Å²) in [4.78, 5) is 0.166. The number of hydrogen-bond donors (Lipinski definition) is 1. The molecule has 0 saturated heterocycles. The van der Waals surface area contributed by atoms with E-state index in [9.17, 15) is 8.42 Å². The van der Waals surface area contributed by atoms with Gasteiger partial charge >= 0.3 is 0 Å². The highest BCUT2D eigenvalue weighted by atomic mass is 35.5. The lowest BCUT2D eigenvalue weighted by atomic mass is 10.1. The lowest BCUT2D eigenvalue weighted by Gasteiger charge is -2.10. The van der Waals surface area contributed by atoms with Gasteiger partial charge in [-0.1, -0.05) is 48.0 Å². The number of aryl methyl sites for hydroxylation is 1. The average molecular weight is 439 g/mol. The predicted octanol–water partition coefficient (Wildman–Crippen LogP) is 4.57. The summed E-state index contributed by atoms with van der Waals surface area (Å²) in [6.45, 7) is 2.01. The van der Waals surface area contributed by atoms with Crippen LogP contribution in [0.15, 0.2) is 82.7 Å². The highest BCUT2D eigenvalue weighted by Gasteiger charge is 2.29. The minimum Gasteiger partial charge on any atom is -0.399 e. The minimum absolute atomic E-state index is 0.120. The number of nitrogens with two attached hydrogens (primary N) is 1. The fourth-order valence-electron chi connectivity index (χ4n) is 3.11. The van der Waals surface area contributed by atoms with Gasteiger partial charge in [-0.25, -0.2) is 13.1 Å². The van der Waals surface area contributed by atoms with E-state index in [1.54, 1.807) is 72.8 Å². The summed E-state index contributed by atoms with van der Waals surface area (Å²) in [5, 5.41) is 8.65. The number of benzene rings is 3. The summed E-state index contributed by atoms with van der Waals surface area (Å²) < 4.78 is 28.4. The van der Waals surface area contributed by atoms with Gasteiger partial charge in [0.05, 0.1) is 10.6 Å². The molecule has 0 saturated carbocycles. The van der Waals surface area contributed by atoms with Gasteiger partial charge in [0.25, 0.3) is 0 Å². The molecule has 3 aromatic carbocycles. The average Bonchev–Trinajstić information content (AvgIpc) is 3.21. The Morgan fingerprint density at radius 1 is 0.933 bits per heavy atom. The number of sulfone groups is 1. The Bertz CT molecular complexity index is 1280. The molecule has 0 aliphatic rings. The molecule has 152 valence electrons. The maximum absolute atomic E-state index is 13.4. The van der Waals surface area contributed by atoms with Crippen molar-refractivity contribution >= 4 is 27.1 Å². The lowest BCUT2D eigenvalue weighted by molar-refractivity contribution is 0.592. The molecule has 6 nitrogen and oxygen atoms in total. The molecule has 0 aliphatic heterocycles. The second-order valence-corrected chi connectivity index (χ2v) is 9.06. The molecule has 0 radical (unpaired) electrons. The zero-order chi connectivity index (χ0) is 21.3. The van der Waals surface area contributed by atoms with Crippen molar-refractivity contribution < 1.29 is 8.42 Å². The van der Waals surface area contributed by atoms with Crippen molar-refractivity contribution in [3.63, 3.8) is 0 Å². The quantitative estimate of drug-likeness (QED) is 0.461. The number of nitrogen functional groups attached to an aromatic ring is 1. The first-order chi connectivity index (χ1) is 14.4. The molecule has 4 rings (SSSR count). The molecule has 0 unspecified atom stereocenters. The number of nitrogens with zero attached hydrogens (tertiary/aromatic N) is 3. The van der Waals surface area contributed by atoms with Crippen molar-refractivity contribution in [3.05, 3.63) is 83.4 Å². The molecule has 0 bridgehead atoms. The van der Waals surface area contributed by atoms with Gasteiger partial charge < -0.3 is 5.73 Å². The van der Waals surface area contributed by atoms with Gasteiger partial charge in [-0.2, -0.15) is 0 Å². The first-order valence-corrected chi connectivity index (χ1v) is 11.2. The molecule has 1 heterocycles. The summed E-state index contributed by atoms with van der Waals surface area (Å²) in [5.41, 5.74) is 9.07. The molecule has 30 heavy (non-hydrogen) atoms. The molecule has 0 atom stereocenters. The zero-order valence-corrected chi connectivity index (χ0v) is 17.7. The molecule has 4 aromatic rings. The van der Waals surface area contributed by atoms with Crippen molar-refractivity contribution in [2.75, 3.05) is 5.73 Å². The van der Waals surface area contributed by atoms with Gasteiger partial charge in [0, 0.05) is 16.3 Å². The highest BCUT2D eigenvalue weighted by molar-refractivity contribution is 7.91. The maximum atomic E-state index is 13.4. The third-order valence-corrected chi connectivity index (χ3v) is 6.72. The van der Waals surface area contributed by atoms with Crippen LogP contribution in [-0.4, -0.2) is 23.4 Å². The molecule has 0 fully saturated rings. The Morgan fingerprint density at radius 2 is 1.57 bits per heavy atom. The Morgan fingerprint density at radius 3 is 2.17 bits per heavy atom. The van der Waals surface area contributed by atoms with E-state index < -0.39 is 9.84 Å². The third kappa shape index (κ3) is 3.69. The molecule has 0 aliphatic carbocycles. The van der Waals surface area contributed by atoms with Gasteiger partial charge in [-0.05, 0) is 60.5 Å². The van der Waals surface area contributed by atoms with Gasteiger partial charge in [-0.3, -0.25) is 0 Å². The monoisotopic (exact) mass is 438 g/mol. The first kappa shape index (κ1) is 20.1. The Balaban J connectivity index is 1.93. The molecule has 1 aromatic heterocycles. The minimum atomic E-state index is -3.90. The van der Waals surface area contributed by atoms with Crippen molar-refractivity contribution in [2.24, 2.45) is 0 Å². The summed E-state index contributed by atoms with van der Waals surface area (Å²) >= 11 is 6.03. The zero-order valence-electron chi connectivity index (χ0n) is 16.2. The lowest BCUT2D eigenvalue weighted by Crippen LogP contribution is -2.06. The Kier molecular flexibility index (Phi) is 5.32. The van der Waals surface area contributed by atoms with E-state index in [1.165, 1.54) is 4.68 Å².